The second-order valence-electron chi connectivity index (χ2n) is 5.31. The van der Waals surface area contributed by atoms with Crippen LogP contribution in [0, 0.1) is 5.92 Å². The van der Waals surface area contributed by atoms with Crippen molar-refractivity contribution < 1.29 is 17.9 Å². The first-order valence-corrected chi connectivity index (χ1v) is 6.95. The van der Waals surface area contributed by atoms with E-state index >= 15 is 0 Å². The van der Waals surface area contributed by atoms with Gasteiger partial charge in [0.2, 0.25) is 0 Å². The van der Waals surface area contributed by atoms with E-state index in [0.717, 1.165) is 38.7 Å². The van der Waals surface area contributed by atoms with Gasteiger partial charge < -0.3 is 10.1 Å². The monoisotopic (exact) mass is 287 g/mol. The molecular weight excluding hydrogens is 267 g/mol. The number of nitrogens with one attached hydrogen (secondary N) is 1. The summed E-state index contributed by atoms with van der Waals surface area (Å²) < 4.78 is 43.3. The van der Waals surface area contributed by atoms with E-state index in [-0.39, 0.29) is 6.04 Å². The van der Waals surface area contributed by atoms with E-state index in [1.165, 1.54) is 12.1 Å². The standard InChI is InChI=1S/C15H20F3NO/c1-11(19-10-12-5-7-20-8-6-12)13-3-2-4-14(9-13)15(16,17)18/h2-4,9,11-12,19H,5-8,10H2,1H3. The van der Waals surface area contributed by atoms with Crippen molar-refractivity contribution in [3.05, 3.63) is 35.4 Å². The first-order chi connectivity index (χ1) is 9.47. The van der Waals surface area contributed by atoms with E-state index in [1.807, 2.05) is 6.92 Å². The summed E-state index contributed by atoms with van der Waals surface area (Å²) in [5.74, 6) is 0.553. The molecule has 0 bridgehead atoms. The molecule has 0 aliphatic carbocycles. The Bertz CT molecular complexity index is 427. The molecule has 0 saturated carbocycles. The van der Waals surface area contributed by atoms with E-state index in [4.69, 9.17) is 4.74 Å². The minimum absolute atomic E-state index is 0.0832. The highest BCUT2D eigenvalue weighted by Gasteiger charge is 2.30. The molecule has 1 fully saturated rings. The highest BCUT2D eigenvalue weighted by molar-refractivity contribution is 5.27. The van der Waals surface area contributed by atoms with Crippen molar-refractivity contribution in [3.8, 4) is 0 Å². The van der Waals surface area contributed by atoms with Crippen molar-refractivity contribution >= 4 is 0 Å². The van der Waals surface area contributed by atoms with Crippen LogP contribution < -0.4 is 5.32 Å². The molecule has 1 unspecified atom stereocenters. The van der Waals surface area contributed by atoms with Gasteiger partial charge in [0.15, 0.2) is 0 Å². The number of alkyl halides is 3. The van der Waals surface area contributed by atoms with Crippen LogP contribution in [0.2, 0.25) is 0 Å². The van der Waals surface area contributed by atoms with E-state index in [1.54, 1.807) is 6.07 Å². The van der Waals surface area contributed by atoms with Gasteiger partial charge in [-0.15, -0.1) is 0 Å². The van der Waals surface area contributed by atoms with E-state index in [2.05, 4.69) is 5.32 Å². The first kappa shape index (κ1) is 15.3. The Hall–Kier alpha value is -1.07. The lowest BCUT2D eigenvalue weighted by Gasteiger charge is -2.24. The van der Waals surface area contributed by atoms with E-state index in [9.17, 15) is 13.2 Å². The fourth-order valence-electron chi connectivity index (χ4n) is 2.40. The number of hydrogen-bond donors (Lipinski definition) is 1. The fourth-order valence-corrected chi connectivity index (χ4v) is 2.40. The van der Waals surface area contributed by atoms with Crippen LogP contribution in [0.1, 0.15) is 36.9 Å². The maximum atomic E-state index is 12.7. The maximum absolute atomic E-state index is 12.7. The van der Waals surface area contributed by atoms with Gasteiger partial charge >= 0.3 is 6.18 Å². The summed E-state index contributed by atoms with van der Waals surface area (Å²) >= 11 is 0. The Morgan fingerprint density at radius 2 is 2.00 bits per heavy atom. The van der Waals surface area contributed by atoms with Gasteiger partial charge in [-0.2, -0.15) is 13.2 Å². The van der Waals surface area contributed by atoms with Crippen molar-refractivity contribution in [1.82, 2.24) is 5.32 Å². The largest absolute Gasteiger partial charge is 0.416 e. The lowest BCUT2D eigenvalue weighted by atomic mass is 9.99. The predicted octanol–water partition coefficient (Wildman–Crippen LogP) is 3.78. The normalized spacial score (nSPS) is 19.0. The lowest BCUT2D eigenvalue weighted by molar-refractivity contribution is -0.137. The van der Waals surface area contributed by atoms with Gasteiger partial charge in [-0.05, 0) is 49.9 Å². The van der Waals surface area contributed by atoms with Gasteiger partial charge in [0, 0.05) is 19.3 Å². The SMILES string of the molecule is CC(NCC1CCOCC1)c1cccc(C(F)(F)F)c1. The average Bonchev–Trinajstić information content (AvgIpc) is 2.45. The van der Waals surface area contributed by atoms with Gasteiger partial charge in [-0.3, -0.25) is 0 Å². The molecule has 1 aromatic carbocycles. The second kappa shape index (κ2) is 6.59. The van der Waals surface area contributed by atoms with Crippen molar-refractivity contribution in [2.75, 3.05) is 19.8 Å². The Labute approximate surface area is 117 Å². The van der Waals surface area contributed by atoms with Crippen molar-refractivity contribution in [2.24, 2.45) is 5.92 Å². The summed E-state index contributed by atoms with van der Waals surface area (Å²) in [5, 5.41) is 3.32. The third-order valence-electron chi connectivity index (χ3n) is 3.77. The molecule has 0 spiro atoms. The Morgan fingerprint density at radius 1 is 1.30 bits per heavy atom. The molecular formula is C15H20F3NO. The highest BCUT2D eigenvalue weighted by atomic mass is 19.4. The van der Waals surface area contributed by atoms with E-state index < -0.39 is 11.7 Å². The smallest absolute Gasteiger partial charge is 0.381 e. The third kappa shape index (κ3) is 4.21. The molecule has 0 aromatic heterocycles. The molecule has 1 aliphatic heterocycles. The second-order valence-corrected chi connectivity index (χ2v) is 5.31. The topological polar surface area (TPSA) is 21.3 Å². The summed E-state index contributed by atoms with van der Waals surface area (Å²) in [6, 6.07) is 5.44. The van der Waals surface area contributed by atoms with Crippen LogP contribution in [-0.4, -0.2) is 19.8 Å². The molecule has 1 aromatic rings. The van der Waals surface area contributed by atoms with Crippen molar-refractivity contribution in [1.29, 1.82) is 0 Å². The molecule has 112 valence electrons. The third-order valence-corrected chi connectivity index (χ3v) is 3.77. The molecule has 2 nitrogen and oxygen atoms in total. The Kier molecular flexibility index (Phi) is 5.05. The van der Waals surface area contributed by atoms with Crippen LogP contribution >= 0.6 is 0 Å². The zero-order valence-corrected chi connectivity index (χ0v) is 11.5. The molecule has 1 N–H and O–H groups in total. The van der Waals surface area contributed by atoms with Crippen LogP contribution in [0.3, 0.4) is 0 Å². The molecule has 2 rings (SSSR count). The lowest BCUT2D eigenvalue weighted by Crippen LogP contribution is -2.29. The van der Waals surface area contributed by atoms with Gasteiger partial charge in [-0.25, -0.2) is 0 Å². The van der Waals surface area contributed by atoms with Gasteiger partial charge in [0.1, 0.15) is 0 Å². The minimum Gasteiger partial charge on any atom is -0.381 e. The van der Waals surface area contributed by atoms with Crippen LogP contribution in [0.4, 0.5) is 13.2 Å². The number of rotatable bonds is 4. The van der Waals surface area contributed by atoms with Crippen LogP contribution in [0.5, 0.6) is 0 Å². The predicted molar refractivity (Wildman–Crippen MR) is 71.4 cm³/mol. The zero-order valence-electron chi connectivity index (χ0n) is 11.5. The van der Waals surface area contributed by atoms with Gasteiger partial charge in [0.25, 0.3) is 0 Å². The summed E-state index contributed by atoms with van der Waals surface area (Å²) in [5.41, 5.74) is 0.0848. The highest BCUT2D eigenvalue weighted by Crippen LogP contribution is 2.30. The number of halogens is 3. The van der Waals surface area contributed by atoms with Crippen LogP contribution in [0.25, 0.3) is 0 Å². The molecule has 1 heterocycles. The quantitative estimate of drug-likeness (QED) is 0.910. The zero-order chi connectivity index (χ0) is 14.6. The molecule has 5 heteroatoms. The molecule has 1 atom stereocenters. The maximum Gasteiger partial charge on any atom is 0.416 e. The summed E-state index contributed by atoms with van der Waals surface area (Å²) in [7, 11) is 0. The van der Waals surface area contributed by atoms with Crippen LogP contribution in [0.15, 0.2) is 24.3 Å². The summed E-state index contributed by atoms with van der Waals surface area (Å²) in [6.45, 7) is 4.28. The first-order valence-electron chi connectivity index (χ1n) is 6.95. The van der Waals surface area contributed by atoms with Crippen LogP contribution in [-0.2, 0) is 10.9 Å². The summed E-state index contributed by atoms with van der Waals surface area (Å²) in [4.78, 5) is 0. The number of ether oxygens (including phenoxy) is 1. The molecule has 1 saturated heterocycles. The summed E-state index contributed by atoms with van der Waals surface area (Å²) in [6.07, 6.45) is -2.25. The minimum atomic E-state index is -4.28. The Balaban J connectivity index is 1.93. The Morgan fingerprint density at radius 3 is 2.65 bits per heavy atom. The number of hydrogen-bond acceptors (Lipinski definition) is 2. The molecule has 0 radical (unpaired) electrons. The van der Waals surface area contributed by atoms with Gasteiger partial charge in [0.05, 0.1) is 5.56 Å². The average molecular weight is 287 g/mol. The van der Waals surface area contributed by atoms with Gasteiger partial charge in [-0.1, -0.05) is 12.1 Å². The van der Waals surface area contributed by atoms with E-state index in [0.29, 0.717) is 11.5 Å². The molecule has 20 heavy (non-hydrogen) atoms. The number of benzene rings is 1. The van der Waals surface area contributed by atoms with Crippen molar-refractivity contribution in [2.45, 2.75) is 32.0 Å². The van der Waals surface area contributed by atoms with Crippen molar-refractivity contribution in [3.63, 3.8) is 0 Å². The molecule has 0 amide bonds. The molecule has 1 aliphatic rings. The fraction of sp³-hybridized carbons (Fsp3) is 0.600.